The number of aromatic amines is 1. The first-order chi connectivity index (χ1) is 19.9. The van der Waals surface area contributed by atoms with Crippen molar-refractivity contribution >= 4 is 21.6 Å². The molecule has 11 heteroatoms. The molecule has 0 saturated heterocycles. The van der Waals surface area contributed by atoms with E-state index in [4.69, 9.17) is 0 Å². The maximum absolute atomic E-state index is 13.7. The molecular weight excluding hydrogens is 583 g/mol. The van der Waals surface area contributed by atoms with Crippen LogP contribution in [0.5, 0.6) is 0 Å². The SMILES string of the molecule is CCc1cc2c(=O)n(CCc3ccc(F)cc3)c(=O)n(Cc3ccc(-c4ccccc4-c4noc(=O)[nH]4)cc3)c2s1.[H-].[K+]. The van der Waals surface area contributed by atoms with Crippen LogP contribution in [0.25, 0.3) is 32.7 Å². The summed E-state index contributed by atoms with van der Waals surface area (Å²) in [6, 6.07) is 23.3. The molecule has 1 N–H and O–H groups in total. The van der Waals surface area contributed by atoms with Crippen LogP contribution >= 0.6 is 11.3 Å². The molecule has 0 aliphatic heterocycles. The van der Waals surface area contributed by atoms with E-state index in [-0.39, 0.29) is 83.0 Å². The van der Waals surface area contributed by atoms with Crippen molar-refractivity contribution in [3.05, 3.63) is 132 Å². The molecule has 208 valence electrons. The second kappa shape index (κ2) is 13.0. The Morgan fingerprint density at radius 2 is 1.62 bits per heavy atom. The topological polar surface area (TPSA) is 103 Å². The van der Waals surface area contributed by atoms with Crippen molar-refractivity contribution in [2.45, 2.75) is 32.9 Å². The number of nitrogens with one attached hydrogen (secondary N) is 1. The summed E-state index contributed by atoms with van der Waals surface area (Å²) in [4.78, 5) is 42.8. The number of thiophene rings is 1. The second-order valence-corrected chi connectivity index (χ2v) is 10.8. The maximum Gasteiger partial charge on any atom is 1.00 e. The zero-order chi connectivity index (χ0) is 28.5. The van der Waals surface area contributed by atoms with Gasteiger partial charge in [0.25, 0.3) is 5.56 Å². The molecular formula is C31H26FKN4O4S. The minimum absolute atomic E-state index is 0. The number of fused-ring (bicyclic) bond motifs is 1. The first kappa shape index (κ1) is 30.3. The summed E-state index contributed by atoms with van der Waals surface area (Å²) in [6.07, 6.45) is 1.18. The number of nitrogens with zero attached hydrogens (tertiary/aromatic N) is 3. The average Bonchev–Trinajstić information content (AvgIpc) is 3.63. The van der Waals surface area contributed by atoms with Crippen molar-refractivity contribution in [1.29, 1.82) is 0 Å². The molecule has 0 saturated carbocycles. The minimum Gasteiger partial charge on any atom is -1.00 e. The smallest absolute Gasteiger partial charge is 1.00 e. The number of H-pyrrole nitrogens is 1. The van der Waals surface area contributed by atoms with Gasteiger partial charge in [-0.3, -0.25) is 23.4 Å². The monoisotopic (exact) mass is 608 g/mol. The van der Waals surface area contributed by atoms with Crippen LogP contribution in [0.15, 0.2) is 97.8 Å². The van der Waals surface area contributed by atoms with E-state index in [0.29, 0.717) is 22.5 Å². The Labute approximate surface area is 287 Å². The molecule has 0 aliphatic rings. The number of hydrogen-bond donors (Lipinski definition) is 1. The molecule has 8 nitrogen and oxygen atoms in total. The fourth-order valence-corrected chi connectivity index (χ4v) is 5.99. The van der Waals surface area contributed by atoms with Gasteiger partial charge in [-0.25, -0.2) is 14.0 Å². The van der Waals surface area contributed by atoms with E-state index >= 15 is 0 Å². The summed E-state index contributed by atoms with van der Waals surface area (Å²) >= 11 is 1.46. The summed E-state index contributed by atoms with van der Waals surface area (Å²) in [7, 11) is 0. The first-order valence-corrected chi connectivity index (χ1v) is 14.0. The summed E-state index contributed by atoms with van der Waals surface area (Å²) in [5.74, 6) is -0.612. The van der Waals surface area contributed by atoms with Gasteiger partial charge in [0.05, 0.1) is 11.9 Å². The van der Waals surface area contributed by atoms with Crippen molar-refractivity contribution in [2.75, 3.05) is 0 Å². The third-order valence-electron chi connectivity index (χ3n) is 7.06. The van der Waals surface area contributed by atoms with Gasteiger partial charge >= 0.3 is 62.8 Å². The van der Waals surface area contributed by atoms with E-state index in [1.54, 1.807) is 16.7 Å². The minimum atomic E-state index is -0.624. The maximum atomic E-state index is 13.7. The van der Waals surface area contributed by atoms with Crippen molar-refractivity contribution in [1.82, 2.24) is 19.3 Å². The van der Waals surface area contributed by atoms with Gasteiger partial charge in [0, 0.05) is 17.0 Å². The van der Waals surface area contributed by atoms with E-state index in [2.05, 4.69) is 14.7 Å². The van der Waals surface area contributed by atoms with Crippen LogP contribution < -0.4 is 68.4 Å². The molecule has 3 heterocycles. The largest absolute Gasteiger partial charge is 1.00 e. The molecule has 0 radical (unpaired) electrons. The van der Waals surface area contributed by atoms with Gasteiger partial charge in [-0.1, -0.05) is 72.7 Å². The van der Waals surface area contributed by atoms with Crippen LogP contribution in [0.4, 0.5) is 4.39 Å². The van der Waals surface area contributed by atoms with Crippen molar-refractivity contribution in [3.8, 4) is 22.5 Å². The van der Waals surface area contributed by atoms with Crippen molar-refractivity contribution < 1.29 is 61.7 Å². The van der Waals surface area contributed by atoms with E-state index < -0.39 is 5.76 Å². The van der Waals surface area contributed by atoms with Gasteiger partial charge in [-0.15, -0.1) is 11.3 Å². The van der Waals surface area contributed by atoms with Gasteiger partial charge < -0.3 is 1.43 Å². The average molecular weight is 609 g/mol. The van der Waals surface area contributed by atoms with Crippen LogP contribution in [0.3, 0.4) is 0 Å². The second-order valence-electron chi connectivity index (χ2n) is 9.67. The summed E-state index contributed by atoms with van der Waals surface area (Å²) in [5.41, 5.74) is 3.54. The molecule has 0 amide bonds. The summed E-state index contributed by atoms with van der Waals surface area (Å²) in [6.45, 7) is 2.50. The van der Waals surface area contributed by atoms with Crippen LogP contribution in [0.1, 0.15) is 24.4 Å². The van der Waals surface area contributed by atoms with Crippen LogP contribution in [0.2, 0.25) is 0 Å². The fraction of sp³-hybridized carbons (Fsp3) is 0.161. The fourth-order valence-electron chi connectivity index (χ4n) is 4.91. The molecule has 0 unspecified atom stereocenters. The van der Waals surface area contributed by atoms with Gasteiger partial charge in [0.1, 0.15) is 10.6 Å². The zero-order valence-electron chi connectivity index (χ0n) is 24.1. The molecule has 0 spiro atoms. The molecule has 3 aromatic carbocycles. The molecule has 0 fully saturated rings. The normalized spacial score (nSPS) is 11.1. The van der Waals surface area contributed by atoms with Gasteiger partial charge in [0.2, 0.25) is 0 Å². The Morgan fingerprint density at radius 3 is 2.29 bits per heavy atom. The summed E-state index contributed by atoms with van der Waals surface area (Å²) in [5, 5.41) is 4.35. The molecule has 6 aromatic rings. The summed E-state index contributed by atoms with van der Waals surface area (Å²) < 4.78 is 21.0. The Balaban J connectivity index is 0.00000212. The van der Waals surface area contributed by atoms with E-state index in [1.165, 1.54) is 28.0 Å². The predicted octanol–water partition coefficient (Wildman–Crippen LogP) is 2.34. The van der Waals surface area contributed by atoms with Crippen LogP contribution in [0, 0.1) is 5.82 Å². The Kier molecular flexibility index (Phi) is 9.36. The van der Waals surface area contributed by atoms with E-state index in [9.17, 15) is 18.8 Å². The van der Waals surface area contributed by atoms with Crippen molar-refractivity contribution in [2.24, 2.45) is 0 Å². The molecule has 0 bridgehead atoms. The number of hydrogen-bond acceptors (Lipinski definition) is 6. The third-order valence-corrected chi connectivity index (χ3v) is 8.36. The molecule has 42 heavy (non-hydrogen) atoms. The molecule has 0 atom stereocenters. The first-order valence-electron chi connectivity index (χ1n) is 13.2. The van der Waals surface area contributed by atoms with Gasteiger partial charge in [-0.05, 0) is 53.3 Å². The Morgan fingerprint density at radius 1 is 0.929 bits per heavy atom. The number of aryl methyl sites for hydroxylation is 2. The molecule has 3 aromatic heterocycles. The van der Waals surface area contributed by atoms with Crippen molar-refractivity contribution in [3.63, 3.8) is 0 Å². The van der Waals surface area contributed by atoms with Gasteiger partial charge in [0.15, 0.2) is 5.82 Å². The van der Waals surface area contributed by atoms with E-state index in [0.717, 1.165) is 39.1 Å². The zero-order valence-corrected chi connectivity index (χ0v) is 27.0. The van der Waals surface area contributed by atoms with E-state index in [1.807, 2.05) is 61.5 Å². The number of benzene rings is 3. The van der Waals surface area contributed by atoms with Gasteiger partial charge in [-0.2, -0.15) is 0 Å². The quantitative estimate of drug-likeness (QED) is 0.268. The van der Waals surface area contributed by atoms with Crippen LogP contribution in [-0.4, -0.2) is 19.3 Å². The Hall–Kier alpha value is -3.19. The number of halogens is 1. The number of rotatable bonds is 8. The molecule has 0 aliphatic carbocycles. The molecule has 6 rings (SSSR count). The predicted molar refractivity (Wildman–Crippen MR) is 158 cm³/mol. The Bertz CT molecular complexity index is 2050. The standard InChI is InChI=1S/C31H25FN4O4S.K.H/c1-2-23-17-26-28(37)35(16-15-19-9-13-22(32)14-10-19)31(39)36(29(26)41-23)18-20-7-11-21(12-8-20)24-5-3-4-6-25(24)27-33-30(38)40-34-27;;/h3-14,17H,2,15-16,18H2,1H3,(H,33,34,38);;/q;+1;-1. The number of aromatic nitrogens is 4. The third kappa shape index (κ3) is 6.12. The van der Waals surface area contributed by atoms with Crippen LogP contribution in [-0.2, 0) is 25.9 Å².